The fraction of sp³-hybridized carbons (Fsp3) is 0.438. The van der Waals surface area contributed by atoms with Crippen LogP contribution in [0.1, 0.15) is 76.6 Å². The molecule has 7 aliphatic heterocycles. The molecule has 11 rings (SSSR count). The van der Waals surface area contributed by atoms with Gasteiger partial charge in [0.05, 0.1) is 42.8 Å². The summed E-state index contributed by atoms with van der Waals surface area (Å²) in [6, 6.07) is 24.5. The zero-order valence-electron chi connectivity index (χ0n) is 34.1. The minimum atomic E-state index is -0.658. The number of rotatable bonds is 6. The number of piperidine rings is 2. The van der Waals surface area contributed by atoms with Crippen LogP contribution in [0.3, 0.4) is 0 Å². The average molecular weight is 828 g/mol. The Hall–Kier alpha value is -5.66. The first-order valence-corrected chi connectivity index (χ1v) is 21.8. The fourth-order valence-electron chi connectivity index (χ4n) is 11.4. The number of nitrogens with zero attached hydrogens (tertiary/aromatic N) is 4. The average Bonchev–Trinajstić information content (AvgIpc) is 3.82. The summed E-state index contributed by atoms with van der Waals surface area (Å²) >= 11 is 0. The number of piperazine rings is 1. The van der Waals surface area contributed by atoms with Gasteiger partial charge >= 0.3 is 0 Å². The van der Waals surface area contributed by atoms with Gasteiger partial charge in [-0.2, -0.15) is 0 Å². The monoisotopic (exact) mass is 827 g/mol. The van der Waals surface area contributed by atoms with Crippen molar-refractivity contribution in [1.82, 2.24) is 15.1 Å². The van der Waals surface area contributed by atoms with E-state index in [-0.39, 0.29) is 53.3 Å². The molecular formula is C48H50FN5O7. The van der Waals surface area contributed by atoms with Crippen molar-refractivity contribution >= 4 is 29.1 Å². The Bertz CT molecular complexity index is 2400. The second-order valence-electron chi connectivity index (χ2n) is 18.0. The van der Waals surface area contributed by atoms with Gasteiger partial charge in [-0.25, -0.2) is 4.39 Å². The van der Waals surface area contributed by atoms with Gasteiger partial charge in [0.15, 0.2) is 0 Å². The first-order valence-electron chi connectivity index (χ1n) is 21.8. The number of phenolic OH excluding ortho intramolecular Hbond substituents is 1. The standard InChI is InChI=1S/C48H50FN5O7/c49-38-20-31(44-35-8-7-33(55)21-42(35)59-28-37(44)30-4-2-1-3-5-30)6-10-39(38)52-16-14-48(15-17-52)22-29(26-61-48)23-51-18-19-53-32(24-51)27-60-45-36-25-54(41-12-13-43(56)50-46(41)57)47(58)34(36)9-11-40(45)53/h1-11,20-21,29,32,37,41,44,55H,12-19,22-28H2,(H,50,56,57)/t29-,32+,37+,41-,44+/m1/s1. The lowest BCUT2D eigenvalue weighted by Gasteiger charge is -2.46. The van der Waals surface area contributed by atoms with E-state index in [4.69, 9.17) is 14.2 Å². The molecule has 4 saturated heterocycles. The number of carbonyl (C=O) groups excluding carboxylic acids is 3. The van der Waals surface area contributed by atoms with Gasteiger partial charge in [-0.05, 0) is 73.1 Å². The highest BCUT2D eigenvalue weighted by molar-refractivity contribution is 6.06. The summed E-state index contributed by atoms with van der Waals surface area (Å²) in [6.07, 6.45) is 3.25. The van der Waals surface area contributed by atoms with Gasteiger partial charge in [0.1, 0.15) is 35.7 Å². The van der Waals surface area contributed by atoms with Gasteiger partial charge in [-0.1, -0.05) is 42.5 Å². The van der Waals surface area contributed by atoms with Crippen molar-refractivity contribution in [3.05, 3.63) is 112 Å². The number of benzene rings is 4. The molecule has 4 fully saturated rings. The van der Waals surface area contributed by atoms with E-state index < -0.39 is 11.9 Å². The number of ether oxygens (including phenoxy) is 3. The third-order valence-corrected chi connectivity index (χ3v) is 14.5. The lowest BCUT2D eigenvalue weighted by Crippen LogP contribution is -2.58. The van der Waals surface area contributed by atoms with E-state index in [2.05, 4.69) is 38.2 Å². The maximum atomic E-state index is 16.2. The first kappa shape index (κ1) is 38.3. The molecule has 0 aromatic heterocycles. The number of carbonyl (C=O) groups is 3. The number of fused-ring (bicyclic) bond motifs is 6. The van der Waals surface area contributed by atoms with Crippen molar-refractivity contribution in [2.75, 3.05) is 68.9 Å². The quantitative estimate of drug-likeness (QED) is 0.239. The van der Waals surface area contributed by atoms with Crippen LogP contribution in [0, 0.1) is 11.7 Å². The second-order valence-corrected chi connectivity index (χ2v) is 18.0. The highest BCUT2D eigenvalue weighted by atomic mass is 19.1. The molecule has 61 heavy (non-hydrogen) atoms. The zero-order chi connectivity index (χ0) is 41.4. The number of imide groups is 1. The largest absolute Gasteiger partial charge is 0.508 e. The molecule has 1 spiro atoms. The fourth-order valence-corrected chi connectivity index (χ4v) is 11.4. The van der Waals surface area contributed by atoms with Gasteiger partial charge < -0.3 is 34.0 Å². The summed E-state index contributed by atoms with van der Waals surface area (Å²) in [5.41, 5.74) is 5.80. The highest BCUT2D eigenvalue weighted by Gasteiger charge is 2.46. The van der Waals surface area contributed by atoms with Crippen molar-refractivity contribution in [3.63, 3.8) is 0 Å². The van der Waals surface area contributed by atoms with Gasteiger partial charge in [-0.15, -0.1) is 0 Å². The summed E-state index contributed by atoms with van der Waals surface area (Å²) in [6.45, 7) is 7.03. The second kappa shape index (κ2) is 15.1. The van der Waals surface area contributed by atoms with E-state index >= 15 is 4.39 Å². The number of phenols is 1. The lowest BCUT2D eigenvalue weighted by atomic mass is 9.76. The molecule has 0 radical (unpaired) electrons. The van der Waals surface area contributed by atoms with Crippen LogP contribution >= 0.6 is 0 Å². The number of nitrogens with one attached hydrogen (secondary N) is 1. The number of amides is 3. The normalized spacial score (nSPS) is 26.9. The van der Waals surface area contributed by atoms with Crippen molar-refractivity contribution in [2.24, 2.45) is 5.92 Å². The van der Waals surface area contributed by atoms with Gasteiger partial charge in [0.25, 0.3) is 5.91 Å². The Morgan fingerprint density at radius 3 is 2.49 bits per heavy atom. The van der Waals surface area contributed by atoms with Crippen molar-refractivity contribution < 1.29 is 38.1 Å². The molecule has 0 aliphatic carbocycles. The van der Waals surface area contributed by atoms with E-state index in [0.717, 1.165) is 98.8 Å². The van der Waals surface area contributed by atoms with Gasteiger partial charge in [0.2, 0.25) is 11.8 Å². The smallest absolute Gasteiger partial charge is 0.255 e. The topological polar surface area (TPSA) is 124 Å². The van der Waals surface area contributed by atoms with E-state index in [9.17, 15) is 19.5 Å². The molecule has 4 aromatic rings. The lowest BCUT2D eigenvalue weighted by molar-refractivity contribution is -0.136. The predicted molar refractivity (Wildman–Crippen MR) is 225 cm³/mol. The highest BCUT2D eigenvalue weighted by Crippen LogP contribution is 2.49. The molecule has 3 amide bonds. The molecule has 2 N–H and O–H groups in total. The molecule has 12 nitrogen and oxygen atoms in total. The SMILES string of the molecule is O=C1CC[C@@H](N2Cc3c(ccc4c3OC[C@@H]3CN(C[C@@H]5COC6(CCN(c7ccc([C@H]8c9ccc(O)cc9OC[C@H]8c8ccccc8)cc7F)CC6)C5)CCN43)C2=O)C(=O)N1. The summed E-state index contributed by atoms with van der Waals surface area (Å²) in [5.74, 6) is 0.691. The number of anilines is 2. The Labute approximate surface area is 354 Å². The Kier molecular flexibility index (Phi) is 9.45. The van der Waals surface area contributed by atoms with Crippen LogP contribution in [0.5, 0.6) is 17.2 Å². The van der Waals surface area contributed by atoms with Crippen LogP contribution in [-0.2, 0) is 20.9 Å². The summed E-state index contributed by atoms with van der Waals surface area (Å²) in [7, 11) is 0. The van der Waals surface area contributed by atoms with Crippen LogP contribution in [-0.4, -0.2) is 109 Å². The molecule has 5 atom stereocenters. The predicted octanol–water partition coefficient (Wildman–Crippen LogP) is 5.56. The molecular weight excluding hydrogens is 778 g/mol. The summed E-state index contributed by atoms with van der Waals surface area (Å²) in [4.78, 5) is 46.5. The van der Waals surface area contributed by atoms with E-state index in [1.54, 1.807) is 23.1 Å². The third kappa shape index (κ3) is 6.77. The van der Waals surface area contributed by atoms with Crippen LogP contribution in [0.2, 0.25) is 0 Å². The van der Waals surface area contributed by atoms with Crippen LogP contribution in [0.25, 0.3) is 0 Å². The van der Waals surface area contributed by atoms with E-state index in [0.29, 0.717) is 49.1 Å². The first-order chi connectivity index (χ1) is 29.7. The third-order valence-electron chi connectivity index (χ3n) is 14.5. The van der Waals surface area contributed by atoms with Crippen LogP contribution < -0.4 is 24.6 Å². The number of halogens is 1. The van der Waals surface area contributed by atoms with E-state index in [1.807, 2.05) is 42.5 Å². The summed E-state index contributed by atoms with van der Waals surface area (Å²) in [5, 5.41) is 12.6. The molecule has 0 saturated carbocycles. The Balaban J connectivity index is 0.710. The number of hydrogen-bond acceptors (Lipinski definition) is 10. The minimum absolute atomic E-state index is 0.00191. The van der Waals surface area contributed by atoms with Crippen molar-refractivity contribution in [2.45, 2.75) is 68.2 Å². The molecule has 7 heterocycles. The van der Waals surface area contributed by atoms with Crippen LogP contribution in [0.15, 0.2) is 78.9 Å². The summed E-state index contributed by atoms with van der Waals surface area (Å²) < 4.78 is 35.4. The number of hydrogen-bond donors (Lipinski definition) is 2. The molecule has 7 aliphatic rings. The molecule has 4 aromatic carbocycles. The Morgan fingerprint density at radius 2 is 1.67 bits per heavy atom. The molecule has 0 bridgehead atoms. The maximum absolute atomic E-state index is 16.2. The maximum Gasteiger partial charge on any atom is 0.255 e. The molecule has 0 unspecified atom stereocenters. The van der Waals surface area contributed by atoms with E-state index in [1.165, 1.54) is 0 Å². The van der Waals surface area contributed by atoms with Gasteiger partial charge in [-0.3, -0.25) is 24.6 Å². The van der Waals surface area contributed by atoms with Crippen molar-refractivity contribution in [3.8, 4) is 17.2 Å². The van der Waals surface area contributed by atoms with Gasteiger partial charge in [0, 0.05) is 80.3 Å². The molecule has 13 heteroatoms. The minimum Gasteiger partial charge on any atom is -0.508 e. The zero-order valence-corrected chi connectivity index (χ0v) is 34.1. The Morgan fingerprint density at radius 1 is 0.836 bits per heavy atom. The molecule has 316 valence electrons. The van der Waals surface area contributed by atoms with Crippen molar-refractivity contribution in [1.29, 1.82) is 0 Å². The van der Waals surface area contributed by atoms with Crippen LogP contribution in [0.4, 0.5) is 15.8 Å². The number of aromatic hydroxyl groups is 1.